The molecular weight excluding hydrogens is 446 g/mol. The number of carbonyl (C=O) groups excluding carboxylic acids is 2. The number of ether oxygens (including phenoxy) is 1. The third-order valence-electron chi connectivity index (χ3n) is 6.25. The smallest absolute Gasteiger partial charge is 0.333 e. The predicted molar refractivity (Wildman–Crippen MR) is 111 cm³/mol. The van der Waals surface area contributed by atoms with E-state index in [0.29, 0.717) is 23.5 Å². The van der Waals surface area contributed by atoms with E-state index in [1.807, 2.05) is 60.7 Å². The number of benzene rings is 2. The lowest BCUT2D eigenvalue weighted by atomic mass is 9.83. The number of esters is 1. The van der Waals surface area contributed by atoms with Crippen LogP contribution in [0.4, 0.5) is 5.69 Å². The van der Waals surface area contributed by atoms with Crippen molar-refractivity contribution in [1.82, 2.24) is 0 Å². The molecule has 2 bridgehead atoms. The zero-order chi connectivity index (χ0) is 20.3. The minimum Gasteiger partial charge on any atom is -1.00 e. The molecular formula is C23H28BrN3O3. The van der Waals surface area contributed by atoms with Gasteiger partial charge in [0, 0.05) is 24.4 Å². The first-order valence-corrected chi connectivity index (χ1v) is 10.3. The van der Waals surface area contributed by atoms with E-state index in [9.17, 15) is 9.59 Å². The van der Waals surface area contributed by atoms with Gasteiger partial charge in [-0.2, -0.15) is 0 Å². The van der Waals surface area contributed by atoms with E-state index in [1.54, 1.807) is 0 Å². The number of para-hydroxylation sites is 1. The first kappa shape index (κ1) is 22.3. The Balaban J connectivity index is 0.00000256. The van der Waals surface area contributed by atoms with E-state index in [2.05, 4.69) is 5.32 Å². The summed E-state index contributed by atoms with van der Waals surface area (Å²) in [4.78, 5) is 24.8. The van der Waals surface area contributed by atoms with Crippen LogP contribution >= 0.6 is 0 Å². The average molecular weight is 474 g/mol. The van der Waals surface area contributed by atoms with Gasteiger partial charge in [0.25, 0.3) is 5.91 Å². The first-order valence-electron chi connectivity index (χ1n) is 10.3. The number of carbonyl (C=O) groups is 2. The Morgan fingerprint density at radius 2 is 1.63 bits per heavy atom. The molecule has 3 fully saturated rings. The van der Waals surface area contributed by atoms with Gasteiger partial charge in [-0.1, -0.05) is 48.5 Å². The van der Waals surface area contributed by atoms with Crippen LogP contribution in [0.2, 0.25) is 0 Å². The molecule has 3 aliphatic heterocycles. The van der Waals surface area contributed by atoms with Crippen LogP contribution in [-0.2, 0) is 14.3 Å². The van der Waals surface area contributed by atoms with Crippen LogP contribution in [0.5, 0.6) is 0 Å². The molecule has 0 spiro atoms. The molecule has 7 heteroatoms. The Hall–Kier alpha value is -2.38. The third-order valence-corrected chi connectivity index (χ3v) is 6.25. The maximum atomic E-state index is 13.2. The maximum absolute atomic E-state index is 13.2. The number of amides is 1. The molecule has 160 valence electrons. The van der Waals surface area contributed by atoms with Crippen molar-refractivity contribution >= 4 is 17.6 Å². The highest BCUT2D eigenvalue weighted by atomic mass is 79.9. The number of fused-ring (bicyclic) bond motifs is 3. The number of nitrogens with zero attached hydrogens (tertiary/aromatic N) is 1. The SMILES string of the molecule is NC(=O)C[N+]12CCC(CC1)[C@@H](OC(=O)C(Nc1ccccc1)c1ccccc1)C2.[Br-]. The molecule has 2 aromatic carbocycles. The van der Waals surface area contributed by atoms with Crippen LogP contribution in [0.25, 0.3) is 0 Å². The van der Waals surface area contributed by atoms with Crippen molar-refractivity contribution in [3.8, 4) is 0 Å². The van der Waals surface area contributed by atoms with E-state index in [0.717, 1.165) is 37.2 Å². The molecule has 30 heavy (non-hydrogen) atoms. The van der Waals surface area contributed by atoms with E-state index in [4.69, 9.17) is 10.5 Å². The molecule has 6 nitrogen and oxygen atoms in total. The van der Waals surface area contributed by atoms with E-state index in [-0.39, 0.29) is 35.0 Å². The molecule has 5 rings (SSSR count). The topological polar surface area (TPSA) is 81.4 Å². The normalized spacial score (nSPS) is 25.6. The lowest BCUT2D eigenvalue weighted by Gasteiger charge is -2.51. The number of nitrogens with two attached hydrogens (primary N) is 1. The number of hydrogen-bond donors (Lipinski definition) is 2. The van der Waals surface area contributed by atoms with Crippen LogP contribution in [0, 0.1) is 5.92 Å². The molecule has 0 radical (unpaired) electrons. The fourth-order valence-corrected chi connectivity index (χ4v) is 4.75. The largest absolute Gasteiger partial charge is 1.00 e. The van der Waals surface area contributed by atoms with Crippen LogP contribution in [0.15, 0.2) is 60.7 Å². The third kappa shape index (κ3) is 5.02. The lowest BCUT2D eigenvalue weighted by molar-refractivity contribution is -0.939. The summed E-state index contributed by atoms with van der Waals surface area (Å²) < 4.78 is 6.70. The molecule has 2 atom stereocenters. The number of anilines is 1. The predicted octanol–water partition coefficient (Wildman–Crippen LogP) is -0.519. The fraction of sp³-hybridized carbons (Fsp3) is 0.391. The number of hydrogen-bond acceptors (Lipinski definition) is 4. The van der Waals surface area contributed by atoms with Crippen molar-refractivity contribution in [2.75, 3.05) is 31.5 Å². The first-order chi connectivity index (χ1) is 14.0. The van der Waals surface area contributed by atoms with E-state index >= 15 is 0 Å². The fourth-order valence-electron chi connectivity index (χ4n) is 4.75. The van der Waals surface area contributed by atoms with Crippen LogP contribution in [-0.4, -0.2) is 48.6 Å². The highest BCUT2D eigenvalue weighted by Crippen LogP contribution is 2.36. The second-order valence-electron chi connectivity index (χ2n) is 8.26. The molecule has 1 unspecified atom stereocenters. The Labute approximate surface area is 187 Å². The van der Waals surface area contributed by atoms with E-state index < -0.39 is 6.04 Å². The summed E-state index contributed by atoms with van der Waals surface area (Å²) in [6.45, 7) is 2.87. The Morgan fingerprint density at radius 3 is 2.23 bits per heavy atom. The molecule has 2 aromatic rings. The number of nitrogens with one attached hydrogen (secondary N) is 1. The average Bonchev–Trinajstić information content (AvgIpc) is 2.73. The van der Waals surface area contributed by atoms with Gasteiger partial charge < -0.3 is 37.3 Å². The Kier molecular flexibility index (Phi) is 7.15. The number of piperidine rings is 3. The molecule has 3 saturated heterocycles. The number of rotatable bonds is 7. The van der Waals surface area contributed by atoms with Crippen molar-refractivity contribution in [1.29, 1.82) is 0 Å². The number of quaternary nitrogens is 1. The Morgan fingerprint density at radius 1 is 1.03 bits per heavy atom. The van der Waals surface area contributed by atoms with E-state index in [1.165, 1.54) is 0 Å². The van der Waals surface area contributed by atoms with Crippen molar-refractivity contribution in [3.05, 3.63) is 66.2 Å². The van der Waals surface area contributed by atoms with Gasteiger partial charge in [0.1, 0.15) is 6.54 Å². The van der Waals surface area contributed by atoms with Gasteiger partial charge in [0.2, 0.25) is 0 Å². The van der Waals surface area contributed by atoms with Crippen molar-refractivity contribution in [3.63, 3.8) is 0 Å². The van der Waals surface area contributed by atoms with Gasteiger partial charge in [-0.15, -0.1) is 0 Å². The van der Waals surface area contributed by atoms with Crippen LogP contribution in [0.1, 0.15) is 24.4 Å². The monoisotopic (exact) mass is 473 g/mol. The summed E-state index contributed by atoms with van der Waals surface area (Å²) in [6.07, 6.45) is 1.76. The molecule has 0 aromatic heterocycles. The van der Waals surface area contributed by atoms with Crippen molar-refractivity contribution in [2.45, 2.75) is 25.0 Å². The minimum absolute atomic E-state index is 0. The molecule has 3 heterocycles. The molecule has 0 saturated carbocycles. The molecule has 0 aliphatic carbocycles. The van der Waals surface area contributed by atoms with Gasteiger partial charge in [-0.05, 0) is 17.7 Å². The quantitative estimate of drug-likeness (QED) is 0.418. The maximum Gasteiger partial charge on any atom is 0.333 e. The molecule has 1 amide bonds. The van der Waals surface area contributed by atoms with Gasteiger partial charge >= 0.3 is 5.97 Å². The summed E-state index contributed by atoms with van der Waals surface area (Å²) >= 11 is 0. The standard InChI is InChI=1S/C23H27N3O3.BrH/c24-21(27)16-26-13-11-17(12-14-26)20(15-26)29-23(28)22(18-7-3-1-4-8-18)25-19-9-5-2-6-10-19;/h1-10,17,20,22,25H,11-16H2,(H-,24,27);1H/t17?,20-,22?,26?;/m0./s1. The lowest BCUT2D eigenvalue weighted by Crippen LogP contribution is -3.00. The molecule has 3 aliphatic rings. The second kappa shape index (κ2) is 9.62. The summed E-state index contributed by atoms with van der Waals surface area (Å²) in [5.41, 5.74) is 7.22. The summed E-state index contributed by atoms with van der Waals surface area (Å²) in [6, 6.07) is 18.7. The summed E-state index contributed by atoms with van der Waals surface area (Å²) in [5.74, 6) is -0.209. The van der Waals surface area contributed by atoms with Gasteiger partial charge in [0.15, 0.2) is 18.7 Å². The highest BCUT2D eigenvalue weighted by molar-refractivity contribution is 5.81. The van der Waals surface area contributed by atoms with Gasteiger partial charge in [0.05, 0.1) is 13.1 Å². The van der Waals surface area contributed by atoms with Gasteiger partial charge in [-0.25, -0.2) is 4.79 Å². The van der Waals surface area contributed by atoms with Crippen molar-refractivity contribution in [2.24, 2.45) is 11.7 Å². The minimum atomic E-state index is -0.585. The summed E-state index contributed by atoms with van der Waals surface area (Å²) in [5, 5.41) is 3.32. The number of primary amides is 1. The zero-order valence-electron chi connectivity index (χ0n) is 16.9. The summed E-state index contributed by atoms with van der Waals surface area (Å²) in [7, 11) is 0. The highest BCUT2D eigenvalue weighted by Gasteiger charge is 2.48. The second-order valence-corrected chi connectivity index (χ2v) is 8.26. The Bertz CT molecular complexity index is 855. The van der Waals surface area contributed by atoms with Crippen LogP contribution < -0.4 is 28.0 Å². The van der Waals surface area contributed by atoms with Crippen LogP contribution in [0.3, 0.4) is 0 Å². The van der Waals surface area contributed by atoms with Crippen molar-refractivity contribution < 1.29 is 35.8 Å². The van der Waals surface area contributed by atoms with Gasteiger partial charge in [-0.3, -0.25) is 4.79 Å². The molecule has 3 N–H and O–H groups in total. The number of halogens is 1. The zero-order valence-corrected chi connectivity index (χ0v) is 18.5.